The average Bonchev–Trinajstić information content (AvgIpc) is 3.69. The molecule has 0 unspecified atom stereocenters. The monoisotopic (exact) mass is 680 g/mol. The van der Waals surface area contributed by atoms with Gasteiger partial charge in [-0.2, -0.15) is 0 Å². The van der Waals surface area contributed by atoms with Gasteiger partial charge in [-0.25, -0.2) is 18.2 Å². The molecule has 6 rings (SSSR count). The van der Waals surface area contributed by atoms with Crippen LogP contribution in [0.2, 0.25) is 0 Å². The second kappa shape index (κ2) is 14.5. The maximum Gasteiger partial charge on any atom is 0.330 e. The van der Waals surface area contributed by atoms with Gasteiger partial charge < -0.3 is 29.9 Å². The molecule has 4 aromatic rings. The summed E-state index contributed by atoms with van der Waals surface area (Å²) in [5.74, 6) is 0.838. The number of carbonyl (C=O) groups excluding carboxylic acids is 1. The van der Waals surface area contributed by atoms with Gasteiger partial charge in [0.1, 0.15) is 11.8 Å². The third-order valence-electron chi connectivity index (χ3n) is 7.66. The fourth-order valence-corrected chi connectivity index (χ4v) is 5.97. The van der Waals surface area contributed by atoms with Crippen molar-refractivity contribution in [2.24, 2.45) is 0 Å². The number of nitrogens with zero attached hydrogens (tertiary/aromatic N) is 4. The maximum atomic E-state index is 13.1. The molecule has 2 aliphatic heterocycles. The highest BCUT2D eigenvalue weighted by atomic mass is 32.2. The van der Waals surface area contributed by atoms with Crippen molar-refractivity contribution in [3.63, 3.8) is 0 Å². The van der Waals surface area contributed by atoms with Crippen molar-refractivity contribution in [2.75, 3.05) is 54.0 Å². The summed E-state index contributed by atoms with van der Waals surface area (Å²) in [7, 11) is -3.36. The predicted octanol–water partition coefficient (Wildman–Crippen LogP) is 2.01. The minimum Gasteiger partial charge on any atom is -0.393 e. The number of sulfonamides is 1. The molecule has 5 N–H and O–H groups in total. The van der Waals surface area contributed by atoms with Crippen molar-refractivity contribution in [3.05, 3.63) is 93.0 Å². The van der Waals surface area contributed by atoms with Crippen LogP contribution in [-0.2, 0) is 14.8 Å². The zero-order chi connectivity index (χ0) is 34.6. The summed E-state index contributed by atoms with van der Waals surface area (Å²) < 4.78 is 32.0. The Morgan fingerprint density at radius 3 is 2.52 bits per heavy atom. The lowest BCUT2D eigenvalue weighted by Gasteiger charge is -2.36. The van der Waals surface area contributed by atoms with Crippen LogP contribution in [0.5, 0.6) is 0 Å². The van der Waals surface area contributed by atoms with Gasteiger partial charge in [0.15, 0.2) is 12.0 Å². The van der Waals surface area contributed by atoms with Gasteiger partial charge in [0.25, 0.3) is 11.5 Å². The Bertz CT molecular complexity index is 2030. The Balaban J connectivity index is 0.000000236. The molecule has 1 amide bonds. The number of fused-ring (bicyclic) bond motifs is 1. The van der Waals surface area contributed by atoms with Crippen molar-refractivity contribution in [2.45, 2.75) is 39.1 Å². The number of amides is 1. The first-order valence-electron chi connectivity index (χ1n) is 15.4. The maximum absolute atomic E-state index is 13.1. The van der Waals surface area contributed by atoms with Crippen LogP contribution in [0.25, 0.3) is 10.9 Å². The lowest BCUT2D eigenvalue weighted by atomic mass is 10.2. The minimum atomic E-state index is -3.36. The summed E-state index contributed by atoms with van der Waals surface area (Å²) in [6.07, 6.45) is 6.71. The lowest BCUT2D eigenvalue weighted by Crippen LogP contribution is -2.49. The van der Waals surface area contributed by atoms with E-state index in [4.69, 9.17) is 9.84 Å². The summed E-state index contributed by atoms with van der Waals surface area (Å²) in [6.45, 7) is 8.22. The Labute approximate surface area is 277 Å². The Morgan fingerprint density at radius 2 is 1.85 bits per heavy atom. The van der Waals surface area contributed by atoms with E-state index in [9.17, 15) is 22.8 Å². The Kier molecular flexibility index (Phi) is 10.4. The van der Waals surface area contributed by atoms with Crippen molar-refractivity contribution in [1.29, 1.82) is 0 Å². The molecule has 1 fully saturated rings. The van der Waals surface area contributed by atoms with Crippen molar-refractivity contribution in [3.8, 4) is 0 Å². The van der Waals surface area contributed by atoms with E-state index in [0.29, 0.717) is 49.2 Å². The van der Waals surface area contributed by atoms with Crippen LogP contribution >= 0.6 is 0 Å². The molecule has 256 valence electrons. The van der Waals surface area contributed by atoms with Gasteiger partial charge in [0.05, 0.1) is 18.6 Å². The van der Waals surface area contributed by atoms with E-state index < -0.39 is 33.6 Å². The van der Waals surface area contributed by atoms with Crippen LogP contribution in [0.15, 0.2) is 70.5 Å². The molecule has 0 radical (unpaired) electrons. The molecule has 0 bridgehead atoms. The van der Waals surface area contributed by atoms with Crippen molar-refractivity contribution in [1.82, 2.24) is 24.4 Å². The molecule has 0 saturated carbocycles. The number of rotatable bonds is 8. The molecule has 1 aromatic carbocycles. The number of anilines is 3. The van der Waals surface area contributed by atoms with Gasteiger partial charge in [-0.15, -0.1) is 0 Å². The first-order chi connectivity index (χ1) is 22.8. The topological polar surface area (TPSA) is 195 Å². The van der Waals surface area contributed by atoms with E-state index >= 15 is 0 Å². The fraction of sp³-hybridized carbons (Fsp3) is 0.375. The summed E-state index contributed by atoms with van der Waals surface area (Å²) in [5.41, 5.74) is 2.24. The first kappa shape index (κ1) is 34.4. The van der Waals surface area contributed by atoms with Gasteiger partial charge in [0, 0.05) is 66.8 Å². The standard InChI is InChI=1S/C22H28N6O3S.C10H12N2O4/c1-15(2)24-19-5-4-8-23-21(19)27-9-11-28(12-10-27)22(29)20-14-16-13-17(26-32(3,30)31)6-7-18(16)25-20;1-6-4-12(10(15)11-9(6)14)8-3-2-7(5-13)16-8/h4-8,13-15,24-26H,9-12H2,1-3H3;2-4,7-8,13H,5H2,1H3,(H,11,14,15)/t;7-,8+/m.0/s1. The SMILES string of the molecule is CC(C)Nc1cccnc1N1CCN(C(=O)c2cc3cc(NS(C)(=O)=O)ccc3[nH]2)CC1.Cc1cn([C@H]2C=C[C@@H](CO)O2)c(=O)[nH]c1=O. The first-order valence-corrected chi connectivity index (χ1v) is 17.3. The molecular formula is C32H40N8O7S. The highest BCUT2D eigenvalue weighted by Crippen LogP contribution is 2.26. The second-order valence-electron chi connectivity index (χ2n) is 11.9. The third-order valence-corrected chi connectivity index (χ3v) is 8.26. The molecule has 1 saturated heterocycles. The summed E-state index contributed by atoms with van der Waals surface area (Å²) >= 11 is 0. The number of nitrogens with one attached hydrogen (secondary N) is 4. The molecule has 15 nitrogen and oxygen atoms in total. The summed E-state index contributed by atoms with van der Waals surface area (Å²) in [6, 6.07) is 11.2. The van der Waals surface area contributed by atoms with Gasteiger partial charge in [-0.3, -0.25) is 23.9 Å². The molecule has 5 heterocycles. The number of carbonyl (C=O) groups is 1. The molecule has 0 aliphatic carbocycles. The number of aromatic nitrogens is 4. The van der Waals surface area contributed by atoms with E-state index in [0.717, 1.165) is 28.7 Å². The zero-order valence-corrected chi connectivity index (χ0v) is 28.0. The van der Waals surface area contributed by atoms with Crippen LogP contribution < -0.4 is 26.2 Å². The number of aromatic amines is 2. The average molecular weight is 681 g/mol. The quantitative estimate of drug-likeness (QED) is 0.172. The van der Waals surface area contributed by atoms with Crippen LogP contribution in [-0.4, -0.2) is 95.0 Å². The van der Waals surface area contributed by atoms with Gasteiger partial charge in [0.2, 0.25) is 10.0 Å². The normalized spacial score (nSPS) is 17.8. The highest BCUT2D eigenvalue weighted by Gasteiger charge is 2.25. The number of ether oxygens (including phenoxy) is 1. The molecule has 2 atom stereocenters. The van der Waals surface area contributed by atoms with Crippen LogP contribution in [0.3, 0.4) is 0 Å². The lowest BCUT2D eigenvalue weighted by molar-refractivity contribution is -0.0104. The molecular weight excluding hydrogens is 640 g/mol. The second-order valence-corrected chi connectivity index (χ2v) is 13.7. The number of aliphatic hydroxyl groups excluding tert-OH is 1. The van der Waals surface area contributed by atoms with Gasteiger partial charge in [-0.1, -0.05) is 6.08 Å². The fourth-order valence-electron chi connectivity index (χ4n) is 5.42. The van der Waals surface area contributed by atoms with Crippen molar-refractivity contribution >= 4 is 44.0 Å². The summed E-state index contributed by atoms with van der Waals surface area (Å²) in [5, 5.41) is 13.1. The molecule has 2 aliphatic rings. The zero-order valence-electron chi connectivity index (χ0n) is 27.1. The number of aryl methyl sites for hydroxylation is 1. The van der Waals surface area contributed by atoms with E-state index in [1.165, 1.54) is 10.8 Å². The number of pyridine rings is 1. The van der Waals surface area contributed by atoms with E-state index in [1.807, 2.05) is 17.0 Å². The van der Waals surface area contributed by atoms with Gasteiger partial charge >= 0.3 is 5.69 Å². The molecule has 48 heavy (non-hydrogen) atoms. The Morgan fingerprint density at radius 1 is 1.10 bits per heavy atom. The summed E-state index contributed by atoms with van der Waals surface area (Å²) in [4.78, 5) is 49.7. The smallest absolute Gasteiger partial charge is 0.330 e. The predicted molar refractivity (Wildman–Crippen MR) is 184 cm³/mol. The highest BCUT2D eigenvalue weighted by molar-refractivity contribution is 7.92. The van der Waals surface area contributed by atoms with E-state index in [1.54, 1.807) is 49.5 Å². The van der Waals surface area contributed by atoms with E-state index in [2.05, 4.69) is 43.7 Å². The molecule has 3 aromatic heterocycles. The molecule has 16 heteroatoms. The van der Waals surface area contributed by atoms with Crippen LogP contribution in [0, 0.1) is 6.92 Å². The number of aliphatic hydroxyl groups is 1. The Hall–Kier alpha value is -4.93. The van der Waals surface area contributed by atoms with Gasteiger partial charge in [-0.05, 0) is 63.2 Å². The largest absolute Gasteiger partial charge is 0.393 e. The minimum absolute atomic E-state index is 0.0694. The number of hydrogen-bond donors (Lipinski definition) is 5. The third kappa shape index (κ3) is 8.31. The van der Waals surface area contributed by atoms with Crippen LogP contribution in [0.4, 0.5) is 17.2 Å². The number of benzene rings is 1. The van der Waals surface area contributed by atoms with Crippen molar-refractivity contribution < 1.29 is 23.1 Å². The number of piperazine rings is 1. The van der Waals surface area contributed by atoms with E-state index in [-0.39, 0.29) is 12.5 Å². The number of H-pyrrole nitrogens is 2. The molecule has 0 spiro atoms. The number of hydrogen-bond acceptors (Lipinski definition) is 10. The van der Waals surface area contributed by atoms with Crippen LogP contribution in [0.1, 0.15) is 36.1 Å².